The monoisotopic (exact) mass is 554 g/mol. The van der Waals surface area contributed by atoms with Gasteiger partial charge in [0.05, 0.1) is 0 Å². The van der Waals surface area contributed by atoms with Crippen molar-refractivity contribution >= 4 is 34.5 Å². The Bertz CT molecular complexity index is 1420. The van der Waals surface area contributed by atoms with Crippen LogP contribution in [-0.2, 0) is 0 Å². The molecule has 0 saturated carbocycles. The lowest BCUT2D eigenvalue weighted by atomic mass is 10.0. The van der Waals surface area contributed by atoms with E-state index < -0.39 is 8.24 Å². The number of halogens is 2. The number of nitrogens with zero attached hydrogens (tertiary/aromatic N) is 2. The summed E-state index contributed by atoms with van der Waals surface area (Å²) in [6, 6.07) is 32.6. The van der Waals surface area contributed by atoms with Gasteiger partial charge in [-0.1, -0.05) is 81.4 Å². The van der Waals surface area contributed by atoms with Gasteiger partial charge in [0.1, 0.15) is 5.82 Å². The van der Waals surface area contributed by atoms with Gasteiger partial charge in [0.2, 0.25) is 8.24 Å². The molecule has 2 aromatic heterocycles. The van der Waals surface area contributed by atoms with Crippen LogP contribution in [0.15, 0.2) is 120 Å². The molecular formula is C31H28BrFN2Si. The molecule has 36 heavy (non-hydrogen) atoms. The Morgan fingerprint density at radius 1 is 0.722 bits per heavy atom. The van der Waals surface area contributed by atoms with Gasteiger partial charge in [0.15, 0.2) is 0 Å². The van der Waals surface area contributed by atoms with Crippen LogP contribution >= 0.6 is 15.9 Å². The van der Waals surface area contributed by atoms with E-state index in [0.29, 0.717) is 0 Å². The lowest BCUT2D eigenvalue weighted by Gasteiger charge is -2.46. The van der Waals surface area contributed by atoms with E-state index in [0.717, 1.165) is 26.9 Å². The molecule has 5 aromatic rings. The first kappa shape index (κ1) is 24.4. The SMILES string of the molecule is CC(C)(C)[Si](c1ccccc1)(c1ccccc1)n1cc(Br)c(-c2ccncc2)c1-c1ccc(F)cc1. The predicted octanol–water partition coefficient (Wildman–Crippen LogP) is 7.53. The molecule has 0 amide bonds. The quantitative estimate of drug-likeness (QED) is 0.205. The molecule has 0 bridgehead atoms. The van der Waals surface area contributed by atoms with Crippen LogP contribution in [0.4, 0.5) is 4.39 Å². The van der Waals surface area contributed by atoms with Gasteiger partial charge in [-0.3, -0.25) is 4.98 Å². The van der Waals surface area contributed by atoms with Crippen molar-refractivity contribution in [2.75, 3.05) is 0 Å². The lowest BCUT2D eigenvalue weighted by molar-refractivity contribution is 0.628. The molecule has 0 N–H and O–H groups in total. The first-order valence-electron chi connectivity index (χ1n) is 12.0. The zero-order valence-electron chi connectivity index (χ0n) is 20.6. The van der Waals surface area contributed by atoms with Crippen LogP contribution in [-0.4, -0.2) is 17.5 Å². The van der Waals surface area contributed by atoms with Crippen molar-refractivity contribution in [1.29, 1.82) is 0 Å². The smallest absolute Gasteiger partial charge is 0.230 e. The standard InChI is InChI=1S/C31H28BrFN2Si/c1-31(2,3)36(26-10-6-4-7-11-26,27-12-8-5-9-13-27)35-22-28(32)29(23-18-20-34-21-19-23)30(35)24-14-16-25(33)17-15-24/h4-22H,1-3H3. The summed E-state index contributed by atoms with van der Waals surface area (Å²) in [5, 5.41) is 2.52. The van der Waals surface area contributed by atoms with E-state index in [1.807, 2.05) is 36.7 Å². The van der Waals surface area contributed by atoms with E-state index in [4.69, 9.17) is 0 Å². The fraction of sp³-hybridized carbons (Fsp3) is 0.129. The van der Waals surface area contributed by atoms with Crippen LogP contribution < -0.4 is 10.4 Å². The molecule has 5 heteroatoms. The number of hydrogen-bond donors (Lipinski definition) is 0. The highest BCUT2D eigenvalue weighted by Gasteiger charge is 2.51. The highest BCUT2D eigenvalue weighted by molar-refractivity contribution is 9.10. The molecule has 0 unspecified atom stereocenters. The fourth-order valence-corrected chi connectivity index (χ4v) is 11.9. The van der Waals surface area contributed by atoms with Crippen LogP contribution in [0.2, 0.25) is 5.04 Å². The highest BCUT2D eigenvalue weighted by atomic mass is 79.9. The molecule has 0 atom stereocenters. The Labute approximate surface area is 221 Å². The van der Waals surface area contributed by atoms with Crippen LogP contribution in [0.3, 0.4) is 0 Å². The third-order valence-electron chi connectivity index (χ3n) is 6.88. The summed E-state index contributed by atoms with van der Waals surface area (Å²) in [6.07, 6.45) is 5.87. The molecule has 0 radical (unpaired) electrons. The Balaban J connectivity index is 1.97. The summed E-state index contributed by atoms with van der Waals surface area (Å²) < 4.78 is 17.6. The molecule has 2 heterocycles. The van der Waals surface area contributed by atoms with E-state index in [1.165, 1.54) is 10.4 Å². The van der Waals surface area contributed by atoms with Crippen molar-refractivity contribution in [3.63, 3.8) is 0 Å². The molecule has 0 aliphatic rings. The van der Waals surface area contributed by atoms with E-state index in [2.05, 4.69) is 113 Å². The van der Waals surface area contributed by atoms with Gasteiger partial charge in [-0.25, -0.2) is 4.39 Å². The first-order valence-corrected chi connectivity index (χ1v) is 14.8. The fourth-order valence-electron chi connectivity index (χ4n) is 5.46. The number of rotatable bonds is 5. The second-order valence-electron chi connectivity index (χ2n) is 10.0. The third-order valence-corrected chi connectivity index (χ3v) is 13.1. The second-order valence-corrected chi connectivity index (χ2v) is 15.4. The molecule has 5 rings (SSSR count). The number of pyridine rings is 1. The molecular weight excluding hydrogens is 527 g/mol. The highest BCUT2D eigenvalue weighted by Crippen LogP contribution is 2.46. The van der Waals surface area contributed by atoms with E-state index in [-0.39, 0.29) is 10.9 Å². The first-order chi connectivity index (χ1) is 17.3. The minimum atomic E-state index is -2.73. The molecule has 0 spiro atoms. The Morgan fingerprint density at radius 2 is 1.25 bits per heavy atom. The van der Waals surface area contributed by atoms with Crippen LogP contribution in [0.1, 0.15) is 20.8 Å². The lowest BCUT2D eigenvalue weighted by Crippen LogP contribution is -2.69. The summed E-state index contributed by atoms with van der Waals surface area (Å²) in [4.78, 5) is 4.24. The van der Waals surface area contributed by atoms with Crippen LogP contribution in [0.5, 0.6) is 0 Å². The summed E-state index contributed by atoms with van der Waals surface area (Å²) in [5.74, 6) is -0.244. The molecule has 2 nitrogen and oxygen atoms in total. The van der Waals surface area contributed by atoms with E-state index >= 15 is 0 Å². The van der Waals surface area contributed by atoms with Crippen molar-refractivity contribution in [3.8, 4) is 22.4 Å². The average Bonchev–Trinajstić information content (AvgIpc) is 3.23. The molecule has 180 valence electrons. The number of aromatic nitrogens is 2. The Kier molecular flexibility index (Phi) is 6.54. The summed E-state index contributed by atoms with van der Waals surface area (Å²) in [6.45, 7) is 7.02. The normalized spacial score (nSPS) is 12.0. The van der Waals surface area contributed by atoms with E-state index in [1.54, 1.807) is 12.1 Å². The van der Waals surface area contributed by atoms with Gasteiger partial charge in [0, 0.05) is 34.3 Å². The van der Waals surface area contributed by atoms with E-state index in [9.17, 15) is 4.39 Å². The van der Waals surface area contributed by atoms with Gasteiger partial charge >= 0.3 is 0 Å². The molecule has 3 aromatic carbocycles. The minimum absolute atomic E-state index is 0.113. The van der Waals surface area contributed by atoms with Crippen molar-refractivity contribution in [1.82, 2.24) is 9.22 Å². The van der Waals surface area contributed by atoms with Gasteiger partial charge in [-0.05, 0) is 78.9 Å². The largest absolute Gasteiger partial charge is 0.364 e. The predicted molar refractivity (Wildman–Crippen MR) is 154 cm³/mol. The van der Waals surface area contributed by atoms with Crippen LogP contribution in [0, 0.1) is 5.82 Å². The van der Waals surface area contributed by atoms with Crippen molar-refractivity contribution in [2.45, 2.75) is 25.8 Å². The molecule has 0 aliphatic carbocycles. The maximum Gasteiger partial charge on any atom is 0.230 e. The maximum absolute atomic E-state index is 14.1. The van der Waals surface area contributed by atoms with Gasteiger partial charge in [-0.15, -0.1) is 0 Å². The van der Waals surface area contributed by atoms with Crippen molar-refractivity contribution < 1.29 is 4.39 Å². The Morgan fingerprint density at radius 3 is 1.75 bits per heavy atom. The van der Waals surface area contributed by atoms with Crippen molar-refractivity contribution in [2.24, 2.45) is 0 Å². The molecule has 0 aliphatic heterocycles. The summed E-state index contributed by atoms with van der Waals surface area (Å²) in [5.41, 5.74) is 4.19. The molecule has 0 fully saturated rings. The zero-order chi connectivity index (χ0) is 25.3. The van der Waals surface area contributed by atoms with Crippen LogP contribution in [0.25, 0.3) is 22.4 Å². The number of benzene rings is 3. The van der Waals surface area contributed by atoms with Gasteiger partial charge in [-0.2, -0.15) is 0 Å². The maximum atomic E-state index is 14.1. The summed E-state index contributed by atoms with van der Waals surface area (Å²) in [7, 11) is -2.73. The van der Waals surface area contributed by atoms with Crippen molar-refractivity contribution in [3.05, 3.63) is 126 Å². The van der Waals surface area contributed by atoms with Gasteiger partial charge < -0.3 is 4.23 Å². The topological polar surface area (TPSA) is 17.8 Å². The average molecular weight is 556 g/mol. The second kappa shape index (κ2) is 9.64. The molecule has 0 saturated heterocycles. The minimum Gasteiger partial charge on any atom is -0.364 e. The number of hydrogen-bond acceptors (Lipinski definition) is 1. The van der Waals surface area contributed by atoms with Gasteiger partial charge in [0.25, 0.3) is 0 Å². The Hall–Kier alpha value is -3.28. The third kappa shape index (κ3) is 4.06. The zero-order valence-corrected chi connectivity index (χ0v) is 23.2. The summed E-state index contributed by atoms with van der Waals surface area (Å²) >= 11 is 3.93.